The van der Waals surface area contributed by atoms with E-state index in [1.807, 2.05) is 85.8 Å². The quantitative estimate of drug-likeness (QED) is 0.291. The Hall–Kier alpha value is -4.16. The number of aryl methyl sites for hydroxylation is 1. The van der Waals surface area contributed by atoms with Crippen LogP contribution in [0.15, 0.2) is 91.3 Å². The molecular weight excluding hydrogens is 448 g/mol. The van der Waals surface area contributed by atoms with Crippen LogP contribution in [0.25, 0.3) is 6.08 Å². The summed E-state index contributed by atoms with van der Waals surface area (Å²) in [6, 6.07) is 24.3. The molecule has 6 nitrogen and oxygen atoms in total. The Morgan fingerprint density at radius 2 is 1.71 bits per heavy atom. The molecule has 3 aromatic carbocycles. The predicted octanol–water partition coefficient (Wildman–Crippen LogP) is 6.41. The van der Waals surface area contributed by atoms with Crippen LogP contribution >= 0.6 is 11.6 Å². The number of aromatic nitrogens is 2. The molecule has 4 rings (SSSR count). The van der Waals surface area contributed by atoms with E-state index in [2.05, 4.69) is 20.6 Å². The van der Waals surface area contributed by atoms with Crippen LogP contribution < -0.4 is 15.4 Å². The van der Waals surface area contributed by atoms with Gasteiger partial charge in [0.2, 0.25) is 5.91 Å². The van der Waals surface area contributed by atoms with Gasteiger partial charge in [0.05, 0.1) is 0 Å². The van der Waals surface area contributed by atoms with Crippen molar-refractivity contribution in [2.24, 2.45) is 0 Å². The lowest BCUT2D eigenvalue weighted by Crippen LogP contribution is -2.07. The number of carbonyl (C=O) groups is 1. The molecule has 0 saturated heterocycles. The number of halogens is 1. The van der Waals surface area contributed by atoms with Crippen LogP contribution in [0.3, 0.4) is 0 Å². The number of nitrogens with zero attached hydrogens (tertiary/aromatic N) is 2. The maximum absolute atomic E-state index is 12.3. The molecule has 0 spiro atoms. The van der Waals surface area contributed by atoms with E-state index < -0.39 is 0 Å². The summed E-state index contributed by atoms with van der Waals surface area (Å²) in [5.41, 5.74) is 4.26. The average Bonchev–Trinajstić information content (AvgIpc) is 2.84. The number of hydrogen-bond donors (Lipinski definition) is 2. The first-order valence-corrected chi connectivity index (χ1v) is 11.0. The van der Waals surface area contributed by atoms with Gasteiger partial charge in [0.1, 0.15) is 24.5 Å². The van der Waals surface area contributed by atoms with Crippen LogP contribution in [0, 0.1) is 6.92 Å². The Morgan fingerprint density at radius 1 is 0.971 bits per heavy atom. The van der Waals surface area contributed by atoms with E-state index >= 15 is 0 Å². The van der Waals surface area contributed by atoms with Gasteiger partial charge in [-0.15, -0.1) is 0 Å². The third kappa shape index (κ3) is 6.67. The van der Waals surface area contributed by atoms with Crippen molar-refractivity contribution in [2.75, 3.05) is 10.6 Å². The topological polar surface area (TPSA) is 76.1 Å². The molecular formula is C27H23ClN4O2. The molecule has 1 aromatic heterocycles. The third-order valence-corrected chi connectivity index (χ3v) is 5.26. The summed E-state index contributed by atoms with van der Waals surface area (Å²) < 4.78 is 5.79. The second-order valence-electron chi connectivity index (χ2n) is 7.52. The molecule has 0 atom stereocenters. The third-order valence-electron chi connectivity index (χ3n) is 4.89. The van der Waals surface area contributed by atoms with E-state index in [9.17, 15) is 4.79 Å². The van der Waals surface area contributed by atoms with E-state index in [-0.39, 0.29) is 5.91 Å². The molecule has 0 bridgehead atoms. The summed E-state index contributed by atoms with van der Waals surface area (Å²) >= 11 is 6.16. The standard InChI is InChI=1S/C27H23ClN4O2/c1-19-16-26(30-18-29-19)31-22-9-11-23(12-10-22)32-27(33)15-8-20-6-13-24(14-7-20)34-17-21-4-2-3-5-25(21)28/h2-16,18H,17H2,1H3,(H,32,33)(H,29,30,31)/b15-8+. The average molecular weight is 471 g/mol. The van der Waals surface area contributed by atoms with Crippen molar-refractivity contribution in [2.45, 2.75) is 13.5 Å². The summed E-state index contributed by atoms with van der Waals surface area (Å²) in [5.74, 6) is 1.23. The Labute approximate surface area is 203 Å². The minimum Gasteiger partial charge on any atom is -0.489 e. The summed E-state index contributed by atoms with van der Waals surface area (Å²) in [4.78, 5) is 20.5. The first-order valence-electron chi connectivity index (χ1n) is 10.7. The van der Waals surface area contributed by atoms with Gasteiger partial charge in [0, 0.05) is 39.8 Å². The normalized spacial score (nSPS) is 10.8. The zero-order valence-electron chi connectivity index (χ0n) is 18.5. The Balaban J connectivity index is 1.27. The van der Waals surface area contributed by atoms with Crippen molar-refractivity contribution in [1.29, 1.82) is 0 Å². The highest BCUT2D eigenvalue weighted by molar-refractivity contribution is 6.31. The van der Waals surface area contributed by atoms with E-state index in [1.54, 1.807) is 6.08 Å². The minimum absolute atomic E-state index is 0.216. The molecule has 2 N–H and O–H groups in total. The van der Waals surface area contributed by atoms with E-state index in [4.69, 9.17) is 16.3 Å². The van der Waals surface area contributed by atoms with Crippen LogP contribution in [0.2, 0.25) is 5.02 Å². The lowest BCUT2D eigenvalue weighted by atomic mass is 10.2. The smallest absolute Gasteiger partial charge is 0.248 e. The van der Waals surface area contributed by atoms with Crippen molar-refractivity contribution < 1.29 is 9.53 Å². The van der Waals surface area contributed by atoms with Gasteiger partial charge in [0.25, 0.3) is 0 Å². The summed E-state index contributed by atoms with van der Waals surface area (Å²) in [5, 5.41) is 6.73. The molecule has 1 amide bonds. The van der Waals surface area contributed by atoms with Gasteiger partial charge >= 0.3 is 0 Å². The molecule has 0 aliphatic rings. The maximum atomic E-state index is 12.3. The van der Waals surface area contributed by atoms with Crippen molar-refractivity contribution in [3.63, 3.8) is 0 Å². The van der Waals surface area contributed by atoms with Crippen LogP contribution in [0.5, 0.6) is 5.75 Å². The molecule has 0 saturated carbocycles. The largest absolute Gasteiger partial charge is 0.489 e. The van der Waals surface area contributed by atoms with Crippen LogP contribution in [0.4, 0.5) is 17.2 Å². The molecule has 0 fully saturated rings. The van der Waals surface area contributed by atoms with E-state index in [0.29, 0.717) is 23.1 Å². The Kier molecular flexibility index (Phi) is 7.53. The molecule has 1 heterocycles. The highest BCUT2D eigenvalue weighted by Gasteiger charge is 2.02. The van der Waals surface area contributed by atoms with Gasteiger partial charge in [-0.1, -0.05) is 41.9 Å². The highest BCUT2D eigenvalue weighted by Crippen LogP contribution is 2.20. The molecule has 0 aliphatic carbocycles. The second-order valence-corrected chi connectivity index (χ2v) is 7.93. The SMILES string of the molecule is Cc1cc(Nc2ccc(NC(=O)/C=C/c3ccc(OCc4ccccc4Cl)cc3)cc2)ncn1. The highest BCUT2D eigenvalue weighted by atomic mass is 35.5. The maximum Gasteiger partial charge on any atom is 0.248 e. The molecule has 0 unspecified atom stereocenters. The zero-order chi connectivity index (χ0) is 23.8. The van der Waals surface area contributed by atoms with Gasteiger partial charge < -0.3 is 15.4 Å². The van der Waals surface area contributed by atoms with Crippen LogP contribution in [0.1, 0.15) is 16.8 Å². The molecule has 7 heteroatoms. The van der Waals surface area contributed by atoms with Gasteiger partial charge in [-0.05, 0) is 61.0 Å². The number of benzene rings is 3. The number of anilines is 3. The predicted molar refractivity (Wildman–Crippen MR) is 136 cm³/mol. The molecule has 0 aliphatic heterocycles. The lowest BCUT2D eigenvalue weighted by molar-refractivity contribution is -0.111. The van der Waals surface area contributed by atoms with Crippen molar-refractivity contribution >= 4 is 40.8 Å². The van der Waals surface area contributed by atoms with Gasteiger partial charge in [0.15, 0.2) is 0 Å². The first kappa shape index (κ1) is 23.0. The first-order chi connectivity index (χ1) is 16.5. The van der Waals surface area contributed by atoms with Crippen LogP contribution in [-0.4, -0.2) is 15.9 Å². The van der Waals surface area contributed by atoms with Crippen molar-refractivity contribution in [3.05, 3.63) is 113 Å². The minimum atomic E-state index is -0.216. The fourth-order valence-electron chi connectivity index (χ4n) is 3.12. The summed E-state index contributed by atoms with van der Waals surface area (Å²) in [6.07, 6.45) is 4.76. The molecule has 4 aromatic rings. The number of carbonyl (C=O) groups excluding carboxylic acids is 1. The zero-order valence-corrected chi connectivity index (χ0v) is 19.3. The fourth-order valence-corrected chi connectivity index (χ4v) is 3.31. The second kappa shape index (κ2) is 11.1. The number of ether oxygens (including phenoxy) is 1. The van der Waals surface area contributed by atoms with E-state index in [1.165, 1.54) is 12.4 Å². The number of amides is 1. The monoisotopic (exact) mass is 470 g/mol. The van der Waals surface area contributed by atoms with Crippen molar-refractivity contribution in [3.8, 4) is 5.75 Å². The Morgan fingerprint density at radius 3 is 2.44 bits per heavy atom. The number of hydrogen-bond acceptors (Lipinski definition) is 5. The van der Waals surface area contributed by atoms with Gasteiger partial charge in [-0.2, -0.15) is 0 Å². The van der Waals surface area contributed by atoms with Gasteiger partial charge in [-0.3, -0.25) is 4.79 Å². The number of rotatable bonds is 8. The lowest BCUT2D eigenvalue weighted by Gasteiger charge is -2.08. The summed E-state index contributed by atoms with van der Waals surface area (Å²) in [7, 11) is 0. The van der Waals surface area contributed by atoms with E-state index in [0.717, 1.165) is 28.3 Å². The molecule has 0 radical (unpaired) electrons. The van der Waals surface area contributed by atoms with Crippen LogP contribution in [-0.2, 0) is 11.4 Å². The molecule has 170 valence electrons. The van der Waals surface area contributed by atoms with Gasteiger partial charge in [-0.25, -0.2) is 9.97 Å². The number of nitrogens with one attached hydrogen (secondary N) is 2. The van der Waals surface area contributed by atoms with Crippen molar-refractivity contribution in [1.82, 2.24) is 9.97 Å². The fraction of sp³-hybridized carbons (Fsp3) is 0.0741. The summed E-state index contributed by atoms with van der Waals surface area (Å²) in [6.45, 7) is 2.30. The molecule has 34 heavy (non-hydrogen) atoms. The Bertz CT molecular complexity index is 1290.